The monoisotopic (exact) mass is 248 g/mol. The van der Waals surface area contributed by atoms with E-state index >= 15 is 0 Å². The lowest BCUT2D eigenvalue weighted by atomic mass is 10.2. The highest BCUT2D eigenvalue weighted by Gasteiger charge is 2.38. The van der Waals surface area contributed by atoms with E-state index in [1.54, 1.807) is 0 Å². The molecule has 0 saturated carbocycles. The third-order valence-corrected chi connectivity index (χ3v) is 1.36. The van der Waals surface area contributed by atoms with E-state index in [2.05, 4.69) is 4.98 Å². The molecule has 1 rings (SSSR count). The highest BCUT2D eigenvalue weighted by molar-refractivity contribution is 5.85. The SMILES string of the molecule is Cl.Cl.NC(c1ccccn1)C(F)(F)F. The van der Waals surface area contributed by atoms with Crippen LogP contribution in [0.25, 0.3) is 0 Å². The van der Waals surface area contributed by atoms with Gasteiger partial charge < -0.3 is 5.73 Å². The minimum absolute atomic E-state index is 0. The highest BCUT2D eigenvalue weighted by atomic mass is 35.5. The maximum atomic E-state index is 12.0. The average Bonchev–Trinajstić information content (AvgIpc) is 2.03. The van der Waals surface area contributed by atoms with Crippen LogP contribution in [0, 0.1) is 0 Å². The number of nitrogens with zero attached hydrogens (tertiary/aromatic N) is 1. The summed E-state index contributed by atoms with van der Waals surface area (Å²) in [6.45, 7) is 0. The summed E-state index contributed by atoms with van der Waals surface area (Å²) in [6, 6.07) is 2.26. The van der Waals surface area contributed by atoms with Crippen molar-refractivity contribution in [2.45, 2.75) is 12.2 Å². The van der Waals surface area contributed by atoms with E-state index in [1.807, 2.05) is 0 Å². The molecule has 2 nitrogen and oxygen atoms in total. The Labute approximate surface area is 91.5 Å². The van der Waals surface area contributed by atoms with Crippen molar-refractivity contribution >= 4 is 24.8 Å². The molecule has 0 aromatic carbocycles. The van der Waals surface area contributed by atoms with Crippen molar-refractivity contribution in [1.82, 2.24) is 4.98 Å². The number of hydrogen-bond donors (Lipinski definition) is 1. The molecule has 1 unspecified atom stereocenters. The van der Waals surface area contributed by atoms with Crippen LogP contribution in [-0.4, -0.2) is 11.2 Å². The van der Waals surface area contributed by atoms with Gasteiger partial charge in [0.15, 0.2) is 0 Å². The number of hydrogen-bond acceptors (Lipinski definition) is 2. The normalized spacial score (nSPS) is 12.3. The van der Waals surface area contributed by atoms with Gasteiger partial charge in [0.2, 0.25) is 0 Å². The van der Waals surface area contributed by atoms with Crippen LogP contribution in [0.1, 0.15) is 11.7 Å². The lowest BCUT2D eigenvalue weighted by Gasteiger charge is -2.13. The molecule has 1 atom stereocenters. The Morgan fingerprint density at radius 2 is 1.79 bits per heavy atom. The number of nitrogens with two attached hydrogens (primary N) is 1. The molecule has 0 aliphatic heterocycles. The van der Waals surface area contributed by atoms with Crippen LogP contribution in [0.3, 0.4) is 0 Å². The van der Waals surface area contributed by atoms with Gasteiger partial charge in [-0.25, -0.2) is 0 Å². The van der Waals surface area contributed by atoms with Crippen LogP contribution < -0.4 is 5.73 Å². The first-order chi connectivity index (χ1) is 5.52. The van der Waals surface area contributed by atoms with Gasteiger partial charge in [0, 0.05) is 6.20 Å². The Morgan fingerprint density at radius 3 is 2.14 bits per heavy atom. The molecule has 0 bridgehead atoms. The van der Waals surface area contributed by atoms with Gasteiger partial charge in [-0.05, 0) is 12.1 Å². The van der Waals surface area contributed by atoms with Gasteiger partial charge in [-0.1, -0.05) is 6.07 Å². The molecule has 82 valence electrons. The van der Waals surface area contributed by atoms with E-state index in [4.69, 9.17) is 5.73 Å². The fourth-order valence-corrected chi connectivity index (χ4v) is 0.728. The number of rotatable bonds is 1. The van der Waals surface area contributed by atoms with E-state index in [-0.39, 0.29) is 30.5 Å². The lowest BCUT2D eigenvalue weighted by molar-refractivity contribution is -0.150. The van der Waals surface area contributed by atoms with E-state index in [9.17, 15) is 13.2 Å². The van der Waals surface area contributed by atoms with Crippen molar-refractivity contribution in [3.8, 4) is 0 Å². The molecule has 1 aromatic rings. The Bertz CT molecular complexity index is 253. The summed E-state index contributed by atoms with van der Waals surface area (Å²) in [7, 11) is 0. The highest BCUT2D eigenvalue weighted by Crippen LogP contribution is 2.28. The zero-order chi connectivity index (χ0) is 9.19. The molecule has 0 fully saturated rings. The first kappa shape index (κ1) is 15.9. The molecule has 0 aliphatic rings. The van der Waals surface area contributed by atoms with Gasteiger partial charge in [0.1, 0.15) is 6.04 Å². The van der Waals surface area contributed by atoms with Gasteiger partial charge in [0.05, 0.1) is 5.69 Å². The van der Waals surface area contributed by atoms with E-state index in [0.717, 1.165) is 0 Å². The minimum Gasteiger partial charge on any atom is -0.315 e. The Morgan fingerprint density at radius 1 is 1.21 bits per heavy atom. The predicted molar refractivity (Wildman–Crippen MR) is 51.7 cm³/mol. The maximum Gasteiger partial charge on any atom is 0.409 e. The lowest BCUT2D eigenvalue weighted by Crippen LogP contribution is -2.29. The second-order valence-electron chi connectivity index (χ2n) is 2.27. The van der Waals surface area contributed by atoms with Crippen LogP contribution in [0.4, 0.5) is 13.2 Å². The molecule has 0 aliphatic carbocycles. The van der Waals surface area contributed by atoms with Gasteiger partial charge >= 0.3 is 6.18 Å². The molecule has 1 aromatic heterocycles. The molecule has 7 heteroatoms. The van der Waals surface area contributed by atoms with Crippen molar-refractivity contribution in [1.29, 1.82) is 0 Å². The van der Waals surface area contributed by atoms with Crippen molar-refractivity contribution in [3.63, 3.8) is 0 Å². The van der Waals surface area contributed by atoms with Crippen LogP contribution in [0.15, 0.2) is 24.4 Å². The first-order valence-electron chi connectivity index (χ1n) is 3.25. The van der Waals surface area contributed by atoms with Crippen LogP contribution in [0.5, 0.6) is 0 Å². The topological polar surface area (TPSA) is 38.9 Å². The van der Waals surface area contributed by atoms with Gasteiger partial charge in [-0.15, -0.1) is 24.8 Å². The standard InChI is InChI=1S/C7H7F3N2.2ClH/c8-7(9,10)6(11)5-3-1-2-4-12-5;;/h1-4,6H,11H2;2*1H. The number of aromatic nitrogens is 1. The van der Waals surface area contributed by atoms with Crippen LogP contribution in [0.2, 0.25) is 0 Å². The molecule has 0 radical (unpaired) electrons. The second-order valence-corrected chi connectivity index (χ2v) is 2.27. The van der Waals surface area contributed by atoms with Crippen molar-refractivity contribution in [3.05, 3.63) is 30.1 Å². The molecule has 0 spiro atoms. The number of halogens is 5. The number of alkyl halides is 3. The molecule has 1 heterocycles. The third-order valence-electron chi connectivity index (χ3n) is 1.36. The maximum absolute atomic E-state index is 12.0. The summed E-state index contributed by atoms with van der Waals surface area (Å²) in [5.41, 5.74) is 4.72. The Kier molecular flexibility index (Phi) is 6.89. The van der Waals surface area contributed by atoms with Crippen molar-refractivity contribution < 1.29 is 13.2 Å². The average molecular weight is 249 g/mol. The largest absolute Gasteiger partial charge is 0.409 e. The molecule has 2 N–H and O–H groups in total. The summed E-state index contributed by atoms with van der Waals surface area (Å²) in [5.74, 6) is 0. The smallest absolute Gasteiger partial charge is 0.315 e. The quantitative estimate of drug-likeness (QED) is 0.830. The van der Waals surface area contributed by atoms with Gasteiger partial charge in [-0.2, -0.15) is 13.2 Å². The Balaban J connectivity index is 0. The third kappa shape index (κ3) is 4.13. The molecular weight excluding hydrogens is 240 g/mol. The molecule has 14 heavy (non-hydrogen) atoms. The second kappa shape index (κ2) is 6.06. The van der Waals surface area contributed by atoms with Crippen molar-refractivity contribution in [2.24, 2.45) is 5.73 Å². The predicted octanol–water partition coefficient (Wildman–Crippen LogP) is 2.49. The summed E-state index contributed by atoms with van der Waals surface area (Å²) in [4.78, 5) is 3.50. The minimum atomic E-state index is -4.42. The van der Waals surface area contributed by atoms with E-state index in [1.165, 1.54) is 24.4 Å². The molecule has 0 amide bonds. The van der Waals surface area contributed by atoms with E-state index < -0.39 is 12.2 Å². The Hall–Kier alpha value is -0.520. The van der Waals surface area contributed by atoms with Crippen molar-refractivity contribution in [2.75, 3.05) is 0 Å². The summed E-state index contributed by atoms with van der Waals surface area (Å²) in [6.07, 6.45) is -3.14. The van der Waals surface area contributed by atoms with Gasteiger partial charge in [-0.3, -0.25) is 4.98 Å². The summed E-state index contributed by atoms with van der Waals surface area (Å²) in [5, 5.41) is 0. The van der Waals surface area contributed by atoms with Crippen LogP contribution >= 0.6 is 24.8 Å². The molecular formula is C7H9Cl2F3N2. The van der Waals surface area contributed by atoms with Gasteiger partial charge in [0.25, 0.3) is 0 Å². The number of pyridine rings is 1. The molecule has 0 saturated heterocycles. The fourth-order valence-electron chi connectivity index (χ4n) is 0.728. The summed E-state index contributed by atoms with van der Waals surface area (Å²) >= 11 is 0. The zero-order valence-electron chi connectivity index (χ0n) is 6.86. The first-order valence-corrected chi connectivity index (χ1v) is 3.25. The van der Waals surface area contributed by atoms with E-state index in [0.29, 0.717) is 0 Å². The summed E-state index contributed by atoms with van der Waals surface area (Å²) < 4.78 is 35.9. The fraction of sp³-hybridized carbons (Fsp3) is 0.286. The van der Waals surface area contributed by atoms with Crippen LogP contribution in [-0.2, 0) is 0 Å². The zero-order valence-corrected chi connectivity index (χ0v) is 8.49.